The van der Waals surface area contributed by atoms with E-state index in [-0.39, 0.29) is 35.4 Å². The van der Waals surface area contributed by atoms with Crippen molar-refractivity contribution in [1.29, 1.82) is 0 Å². The summed E-state index contributed by atoms with van der Waals surface area (Å²) < 4.78 is 16.2. The standard InChI is InChI=1S/C46H48ClN3O7/c1-45(2,3)56-43(53)49-42(50-44(54)57-46(4,5)6)48-37-21-18-34(19-22-37)41(52)55-39-23-20-36(40(47)29-39)28-38(51)27-32(24-30-12-8-7-9-13-30)25-31-16-17-33-14-10-11-15-35(33)26-31/h7-23,26,29,32H,24-25,27-28H2,1-6H3,(H2,48,49,50,53,54)/t32-/m1/s1. The number of esters is 1. The number of halogens is 1. The van der Waals surface area contributed by atoms with Gasteiger partial charge in [-0.25, -0.2) is 19.4 Å². The van der Waals surface area contributed by atoms with Crippen LogP contribution in [-0.2, 0) is 33.5 Å². The van der Waals surface area contributed by atoms with E-state index in [1.165, 1.54) is 52.2 Å². The third-order valence-electron chi connectivity index (χ3n) is 8.43. The Hall–Kier alpha value is -6.00. The van der Waals surface area contributed by atoms with Crippen LogP contribution in [0.2, 0.25) is 5.02 Å². The molecular weight excluding hydrogens is 742 g/mol. The number of hydrogen-bond donors (Lipinski definition) is 2. The van der Waals surface area contributed by atoms with Crippen molar-refractivity contribution in [1.82, 2.24) is 10.6 Å². The number of rotatable bonds is 11. The van der Waals surface area contributed by atoms with Crippen LogP contribution in [0.15, 0.2) is 120 Å². The minimum absolute atomic E-state index is 0.0665. The van der Waals surface area contributed by atoms with E-state index in [0.717, 1.165) is 12.8 Å². The fraction of sp³-hybridized carbons (Fsp3) is 0.283. The smallest absolute Gasteiger partial charge is 0.414 e. The molecule has 10 nitrogen and oxygen atoms in total. The Bertz CT molecular complexity index is 2210. The summed E-state index contributed by atoms with van der Waals surface area (Å²) in [6.07, 6.45) is 0.374. The van der Waals surface area contributed by atoms with Gasteiger partial charge in [0, 0.05) is 17.9 Å². The van der Waals surface area contributed by atoms with Gasteiger partial charge in [-0.1, -0.05) is 90.5 Å². The molecule has 296 valence electrons. The van der Waals surface area contributed by atoms with Crippen molar-refractivity contribution in [3.63, 3.8) is 0 Å². The lowest BCUT2D eigenvalue weighted by atomic mass is 9.87. The number of ether oxygens (including phenoxy) is 3. The highest BCUT2D eigenvalue weighted by atomic mass is 35.5. The van der Waals surface area contributed by atoms with Crippen LogP contribution < -0.4 is 15.4 Å². The molecule has 0 aliphatic heterocycles. The first-order valence-corrected chi connectivity index (χ1v) is 19.1. The molecule has 0 bridgehead atoms. The van der Waals surface area contributed by atoms with Crippen LogP contribution in [-0.4, -0.2) is 41.1 Å². The van der Waals surface area contributed by atoms with Crippen LogP contribution in [0.5, 0.6) is 5.75 Å². The molecular formula is C46H48ClN3O7. The molecule has 0 unspecified atom stereocenters. The van der Waals surface area contributed by atoms with E-state index in [1.807, 2.05) is 30.3 Å². The highest BCUT2D eigenvalue weighted by Crippen LogP contribution is 2.27. The molecule has 0 saturated carbocycles. The summed E-state index contributed by atoms with van der Waals surface area (Å²) in [5.74, 6) is -0.518. The topological polar surface area (TPSA) is 132 Å². The number of nitrogens with zero attached hydrogens (tertiary/aromatic N) is 1. The second-order valence-electron chi connectivity index (χ2n) is 15.8. The molecule has 1 atom stereocenters. The van der Waals surface area contributed by atoms with Crippen LogP contribution in [0.1, 0.15) is 75.0 Å². The van der Waals surface area contributed by atoms with Crippen LogP contribution in [0.25, 0.3) is 10.8 Å². The number of amides is 2. The molecule has 5 rings (SSSR count). The Balaban J connectivity index is 1.22. The van der Waals surface area contributed by atoms with Crippen molar-refractivity contribution in [2.45, 2.75) is 78.4 Å². The molecule has 0 aliphatic rings. The zero-order chi connectivity index (χ0) is 41.2. The molecule has 2 N–H and O–H groups in total. The maximum atomic E-state index is 13.5. The van der Waals surface area contributed by atoms with Crippen LogP contribution in [0.4, 0.5) is 15.3 Å². The number of guanidine groups is 1. The number of ketones is 1. The lowest BCUT2D eigenvalue weighted by molar-refractivity contribution is -0.119. The van der Waals surface area contributed by atoms with Gasteiger partial charge in [0.2, 0.25) is 5.96 Å². The fourth-order valence-corrected chi connectivity index (χ4v) is 6.30. The Labute approximate surface area is 338 Å². The number of fused-ring (bicyclic) bond motifs is 1. The van der Waals surface area contributed by atoms with E-state index in [9.17, 15) is 19.2 Å². The summed E-state index contributed by atoms with van der Waals surface area (Å²) in [5.41, 5.74) is 1.93. The number of carbonyl (C=O) groups excluding carboxylic acids is 4. The second-order valence-corrected chi connectivity index (χ2v) is 16.2. The molecule has 0 spiro atoms. The molecule has 2 amide bonds. The average Bonchev–Trinajstić information content (AvgIpc) is 3.11. The zero-order valence-corrected chi connectivity index (χ0v) is 33.8. The van der Waals surface area contributed by atoms with Gasteiger partial charge in [-0.15, -0.1) is 0 Å². The largest absolute Gasteiger partial charge is 0.444 e. The first-order chi connectivity index (χ1) is 27.0. The van der Waals surface area contributed by atoms with E-state index < -0.39 is 29.4 Å². The molecule has 57 heavy (non-hydrogen) atoms. The lowest BCUT2D eigenvalue weighted by Crippen LogP contribution is -2.47. The van der Waals surface area contributed by atoms with Crippen molar-refractivity contribution in [3.05, 3.63) is 143 Å². The maximum Gasteiger partial charge on any atom is 0.414 e. The van der Waals surface area contributed by atoms with E-state index in [1.54, 1.807) is 53.7 Å². The monoisotopic (exact) mass is 789 g/mol. The SMILES string of the molecule is CC(C)(C)OC(=O)NC(=Nc1ccc(C(=O)Oc2ccc(CC(=O)C[C@H](Cc3ccccc3)Cc3ccc4ccccc4c3)c(Cl)c2)cc1)NC(=O)OC(C)(C)C. The maximum absolute atomic E-state index is 13.5. The van der Waals surface area contributed by atoms with Crippen molar-refractivity contribution in [3.8, 4) is 5.75 Å². The van der Waals surface area contributed by atoms with E-state index in [0.29, 0.717) is 22.7 Å². The Morgan fingerprint density at radius 1 is 0.667 bits per heavy atom. The van der Waals surface area contributed by atoms with Crippen molar-refractivity contribution in [2.75, 3.05) is 0 Å². The summed E-state index contributed by atoms with van der Waals surface area (Å²) in [6, 6.07) is 35.7. The minimum Gasteiger partial charge on any atom is -0.444 e. The highest BCUT2D eigenvalue weighted by molar-refractivity contribution is 6.31. The first-order valence-electron chi connectivity index (χ1n) is 18.7. The lowest BCUT2D eigenvalue weighted by Gasteiger charge is -2.22. The van der Waals surface area contributed by atoms with Gasteiger partial charge >= 0.3 is 18.2 Å². The van der Waals surface area contributed by atoms with Crippen LogP contribution >= 0.6 is 11.6 Å². The van der Waals surface area contributed by atoms with Crippen LogP contribution in [0, 0.1) is 5.92 Å². The number of carbonyl (C=O) groups is 4. The number of alkyl carbamates (subject to hydrolysis) is 2. The quantitative estimate of drug-likeness (QED) is 0.0589. The Kier molecular flexibility index (Phi) is 13.9. The average molecular weight is 790 g/mol. The van der Waals surface area contributed by atoms with Gasteiger partial charge in [-0.2, -0.15) is 0 Å². The van der Waals surface area contributed by atoms with Gasteiger partial charge in [-0.3, -0.25) is 15.4 Å². The molecule has 0 heterocycles. The number of nitrogens with one attached hydrogen (secondary N) is 2. The summed E-state index contributed by atoms with van der Waals surface area (Å²) in [4.78, 5) is 55.8. The minimum atomic E-state index is -0.837. The third-order valence-corrected chi connectivity index (χ3v) is 8.78. The fourth-order valence-electron chi connectivity index (χ4n) is 6.06. The van der Waals surface area contributed by atoms with Crippen LogP contribution in [0.3, 0.4) is 0 Å². The van der Waals surface area contributed by atoms with Crippen molar-refractivity contribution < 1.29 is 33.4 Å². The molecule has 5 aromatic carbocycles. The Morgan fingerprint density at radius 3 is 1.88 bits per heavy atom. The van der Waals surface area contributed by atoms with Gasteiger partial charge in [-0.05, 0) is 124 Å². The summed E-state index contributed by atoms with van der Waals surface area (Å²) in [7, 11) is 0. The molecule has 5 aromatic rings. The predicted molar refractivity (Wildman–Crippen MR) is 223 cm³/mol. The number of aliphatic imine (C=N–C) groups is 1. The molecule has 11 heteroatoms. The van der Waals surface area contributed by atoms with Crippen molar-refractivity contribution in [2.24, 2.45) is 10.9 Å². The molecule has 0 fully saturated rings. The molecule has 0 saturated heterocycles. The molecule has 0 aliphatic carbocycles. The normalized spacial score (nSPS) is 11.9. The second kappa shape index (κ2) is 18.8. The third kappa shape index (κ3) is 13.9. The predicted octanol–water partition coefficient (Wildman–Crippen LogP) is 10.4. The number of Topliss-reactive ketones (excluding diaryl/α,β-unsaturated/α-hetero) is 1. The highest BCUT2D eigenvalue weighted by Gasteiger charge is 2.22. The summed E-state index contributed by atoms with van der Waals surface area (Å²) in [5, 5.41) is 7.50. The first kappa shape index (κ1) is 42.1. The number of benzene rings is 5. The zero-order valence-electron chi connectivity index (χ0n) is 33.1. The van der Waals surface area contributed by atoms with Crippen molar-refractivity contribution >= 4 is 58.0 Å². The molecule has 0 radical (unpaired) electrons. The van der Waals surface area contributed by atoms with E-state index in [4.69, 9.17) is 25.8 Å². The van der Waals surface area contributed by atoms with Gasteiger partial charge in [0.1, 0.15) is 22.7 Å². The Morgan fingerprint density at radius 2 is 1.26 bits per heavy atom. The van der Waals surface area contributed by atoms with E-state index >= 15 is 0 Å². The summed E-state index contributed by atoms with van der Waals surface area (Å²) in [6.45, 7) is 10.2. The van der Waals surface area contributed by atoms with Gasteiger partial charge in [0.25, 0.3) is 0 Å². The van der Waals surface area contributed by atoms with Gasteiger partial charge in [0.05, 0.1) is 11.3 Å². The summed E-state index contributed by atoms with van der Waals surface area (Å²) >= 11 is 6.63. The number of hydrogen-bond acceptors (Lipinski definition) is 8. The van der Waals surface area contributed by atoms with E-state index in [2.05, 4.69) is 58.1 Å². The van der Waals surface area contributed by atoms with Gasteiger partial charge in [0.15, 0.2) is 0 Å². The molecule has 0 aromatic heterocycles. The van der Waals surface area contributed by atoms with Gasteiger partial charge < -0.3 is 14.2 Å².